The summed E-state index contributed by atoms with van der Waals surface area (Å²) in [5.74, 6) is 0. The lowest BCUT2D eigenvalue weighted by Crippen LogP contribution is -3.00. The topological polar surface area (TPSA) is 0 Å². The Hall–Kier alpha value is 0.250. The minimum Gasteiger partial charge on any atom is -1.00 e. The second-order valence-corrected chi connectivity index (χ2v) is 8.83. The first kappa shape index (κ1) is 29.5. The summed E-state index contributed by atoms with van der Waals surface area (Å²) in [6.45, 7) is 15.2. The zero-order valence-corrected chi connectivity index (χ0v) is 20.4. The Kier molecular flexibility index (Phi) is 24.6. The molecule has 0 aromatic heterocycles. The third-order valence-electron chi connectivity index (χ3n) is 6.19. The summed E-state index contributed by atoms with van der Waals surface area (Å²) in [5, 5.41) is 0. The number of unbranched alkanes of at least 4 members (excludes halogenated alkanes) is 13. The molecule has 0 aliphatic rings. The molecule has 0 amide bonds. The van der Waals surface area contributed by atoms with Crippen LogP contribution in [0, 0.1) is 0 Å². The number of nitrogens with zero attached hydrogens (tertiary/aromatic N) is 1. The molecular weight excluding hydrogens is 350 g/mol. The lowest BCUT2D eigenvalue weighted by atomic mass is 10.1. The molecule has 0 aliphatic carbocycles. The van der Waals surface area contributed by atoms with Gasteiger partial charge < -0.3 is 16.9 Å². The van der Waals surface area contributed by atoms with E-state index in [4.69, 9.17) is 0 Å². The van der Waals surface area contributed by atoms with Gasteiger partial charge in [-0.25, -0.2) is 0 Å². The van der Waals surface area contributed by atoms with E-state index in [0.29, 0.717) is 0 Å². The van der Waals surface area contributed by atoms with Crippen LogP contribution in [0.25, 0.3) is 0 Å². The second kappa shape index (κ2) is 22.5. The molecule has 0 spiro atoms. The van der Waals surface area contributed by atoms with Crippen LogP contribution in [0.2, 0.25) is 0 Å². The molecule has 0 saturated carbocycles. The highest BCUT2D eigenvalue weighted by Crippen LogP contribution is 2.19. The highest BCUT2D eigenvalue weighted by molar-refractivity contribution is 4.53. The van der Waals surface area contributed by atoms with Crippen molar-refractivity contribution in [3.05, 3.63) is 0 Å². The number of halogens is 1. The molecule has 0 radical (unpaired) electrons. The third kappa shape index (κ3) is 18.0. The molecule has 0 rings (SSSR count). The molecular formula is C25H54ClN. The van der Waals surface area contributed by atoms with Crippen LogP contribution in [-0.4, -0.2) is 30.7 Å². The van der Waals surface area contributed by atoms with Gasteiger partial charge in [-0.3, -0.25) is 0 Å². The molecule has 27 heavy (non-hydrogen) atoms. The van der Waals surface area contributed by atoms with E-state index in [9.17, 15) is 0 Å². The Morgan fingerprint density at radius 1 is 0.333 bits per heavy atom. The molecule has 0 unspecified atom stereocenters. The van der Waals surface area contributed by atoms with Crippen LogP contribution in [0.15, 0.2) is 0 Å². The highest BCUT2D eigenvalue weighted by Gasteiger charge is 2.25. The zero-order valence-electron chi connectivity index (χ0n) is 19.7. The van der Waals surface area contributed by atoms with Crippen LogP contribution in [0.1, 0.15) is 137 Å². The van der Waals surface area contributed by atoms with Gasteiger partial charge in [-0.2, -0.15) is 0 Å². The molecule has 0 bridgehead atoms. The van der Waals surface area contributed by atoms with Gasteiger partial charge in [0, 0.05) is 0 Å². The fourth-order valence-electron chi connectivity index (χ4n) is 4.34. The monoisotopic (exact) mass is 403 g/mol. The highest BCUT2D eigenvalue weighted by atomic mass is 35.5. The fraction of sp³-hybridized carbons (Fsp3) is 1.00. The SMILES string of the molecule is CCCCCCC[N+](CCCCCC)(CCCCCC)CCCCCC.[Cl-]. The summed E-state index contributed by atoms with van der Waals surface area (Å²) in [6.07, 6.45) is 24.3. The molecule has 0 atom stereocenters. The van der Waals surface area contributed by atoms with Gasteiger partial charge in [0.2, 0.25) is 0 Å². The van der Waals surface area contributed by atoms with Crippen molar-refractivity contribution in [1.82, 2.24) is 0 Å². The first-order valence-corrected chi connectivity index (χ1v) is 12.6. The molecule has 0 heterocycles. The Bertz CT molecular complexity index is 236. The molecule has 0 aromatic rings. The van der Waals surface area contributed by atoms with Crippen LogP contribution >= 0.6 is 0 Å². The van der Waals surface area contributed by atoms with E-state index in [-0.39, 0.29) is 12.4 Å². The molecule has 1 nitrogen and oxygen atoms in total. The number of rotatable bonds is 21. The van der Waals surface area contributed by atoms with Crippen molar-refractivity contribution in [2.45, 2.75) is 137 Å². The van der Waals surface area contributed by atoms with E-state index < -0.39 is 0 Å². The van der Waals surface area contributed by atoms with E-state index in [2.05, 4.69) is 27.7 Å². The van der Waals surface area contributed by atoms with Gasteiger partial charge in [0.05, 0.1) is 26.2 Å². The minimum atomic E-state index is 0. The van der Waals surface area contributed by atoms with Gasteiger partial charge in [0.1, 0.15) is 0 Å². The lowest BCUT2D eigenvalue weighted by molar-refractivity contribution is -0.929. The molecule has 0 saturated heterocycles. The molecule has 2 heteroatoms. The summed E-state index contributed by atoms with van der Waals surface area (Å²) in [5.41, 5.74) is 0. The van der Waals surface area contributed by atoms with Crippen molar-refractivity contribution in [2.75, 3.05) is 26.2 Å². The molecule has 0 fully saturated rings. The van der Waals surface area contributed by atoms with Crippen molar-refractivity contribution in [3.8, 4) is 0 Å². The average Bonchev–Trinajstić information content (AvgIpc) is 2.65. The predicted octanol–water partition coefficient (Wildman–Crippen LogP) is 5.52. The molecule has 0 N–H and O–H groups in total. The summed E-state index contributed by atoms with van der Waals surface area (Å²) < 4.78 is 1.46. The molecule has 166 valence electrons. The fourth-order valence-corrected chi connectivity index (χ4v) is 4.34. The Labute approximate surface area is 180 Å². The molecule has 0 aliphatic heterocycles. The van der Waals surface area contributed by atoms with Crippen LogP contribution in [0.4, 0.5) is 0 Å². The maximum absolute atomic E-state index is 2.34. The quantitative estimate of drug-likeness (QED) is 0.175. The number of hydrogen-bond acceptors (Lipinski definition) is 0. The van der Waals surface area contributed by atoms with Gasteiger partial charge in [-0.15, -0.1) is 0 Å². The van der Waals surface area contributed by atoms with Crippen molar-refractivity contribution in [2.24, 2.45) is 0 Å². The van der Waals surface area contributed by atoms with Crippen LogP contribution in [0.3, 0.4) is 0 Å². The van der Waals surface area contributed by atoms with Gasteiger partial charge in [-0.1, -0.05) is 85.5 Å². The largest absolute Gasteiger partial charge is 1.00 e. The van der Waals surface area contributed by atoms with Gasteiger partial charge in [0.25, 0.3) is 0 Å². The first-order chi connectivity index (χ1) is 12.7. The van der Waals surface area contributed by atoms with E-state index in [0.717, 1.165) is 0 Å². The zero-order chi connectivity index (χ0) is 19.3. The van der Waals surface area contributed by atoms with Crippen LogP contribution < -0.4 is 12.4 Å². The summed E-state index contributed by atoms with van der Waals surface area (Å²) >= 11 is 0. The number of quaternary nitrogens is 1. The maximum atomic E-state index is 2.34. The Balaban J connectivity index is 0. The van der Waals surface area contributed by atoms with Gasteiger partial charge in [0.15, 0.2) is 0 Å². The maximum Gasteiger partial charge on any atom is 0.0786 e. The van der Waals surface area contributed by atoms with Crippen molar-refractivity contribution < 1.29 is 16.9 Å². The van der Waals surface area contributed by atoms with Crippen molar-refractivity contribution in [1.29, 1.82) is 0 Å². The minimum absolute atomic E-state index is 0. The first-order valence-electron chi connectivity index (χ1n) is 12.6. The van der Waals surface area contributed by atoms with Crippen LogP contribution in [0.5, 0.6) is 0 Å². The van der Waals surface area contributed by atoms with E-state index in [1.54, 1.807) is 0 Å². The van der Waals surface area contributed by atoms with Gasteiger partial charge in [-0.05, 0) is 51.4 Å². The van der Waals surface area contributed by atoms with Crippen molar-refractivity contribution in [3.63, 3.8) is 0 Å². The average molecular weight is 404 g/mol. The van der Waals surface area contributed by atoms with Crippen LogP contribution in [-0.2, 0) is 0 Å². The Morgan fingerprint density at radius 2 is 0.556 bits per heavy atom. The van der Waals surface area contributed by atoms with Crippen molar-refractivity contribution >= 4 is 0 Å². The standard InChI is InChI=1S/C25H54N.ClH/c1-5-9-13-17-21-25-26(22-18-14-10-6-2,23-19-15-11-7-3)24-20-16-12-8-4;/h5-25H2,1-4H3;1H/q+1;/p-1. The van der Waals surface area contributed by atoms with E-state index in [1.807, 2.05) is 0 Å². The number of hydrogen-bond donors (Lipinski definition) is 0. The summed E-state index contributed by atoms with van der Waals surface area (Å²) in [4.78, 5) is 0. The second-order valence-electron chi connectivity index (χ2n) is 8.83. The normalized spacial score (nSPS) is 11.6. The lowest BCUT2D eigenvalue weighted by Gasteiger charge is -2.39. The molecule has 0 aromatic carbocycles. The smallest absolute Gasteiger partial charge is 0.0786 e. The third-order valence-corrected chi connectivity index (χ3v) is 6.19. The van der Waals surface area contributed by atoms with E-state index in [1.165, 1.54) is 140 Å². The Morgan fingerprint density at radius 3 is 0.815 bits per heavy atom. The summed E-state index contributed by atoms with van der Waals surface area (Å²) in [6, 6.07) is 0. The summed E-state index contributed by atoms with van der Waals surface area (Å²) in [7, 11) is 0. The van der Waals surface area contributed by atoms with Gasteiger partial charge >= 0.3 is 0 Å². The van der Waals surface area contributed by atoms with E-state index >= 15 is 0 Å². The predicted molar refractivity (Wildman–Crippen MR) is 121 cm³/mol.